The van der Waals surface area contributed by atoms with Crippen molar-refractivity contribution in [1.82, 2.24) is 0 Å². The topological polar surface area (TPSA) is 26.0 Å². The predicted octanol–water partition coefficient (Wildman–Crippen LogP) is 4.99. The molecule has 0 bridgehead atoms. The molecule has 1 aromatic rings. The minimum atomic E-state index is 0.244. The van der Waals surface area contributed by atoms with E-state index in [0.29, 0.717) is 5.92 Å². The maximum absolute atomic E-state index is 6.52. The molecule has 106 valence electrons. The highest BCUT2D eigenvalue weighted by molar-refractivity contribution is 5.29. The van der Waals surface area contributed by atoms with Crippen LogP contribution in [-0.4, -0.2) is 0 Å². The molecular formula is C18H29N. The Morgan fingerprint density at radius 2 is 1.84 bits per heavy atom. The Morgan fingerprint density at radius 3 is 2.47 bits per heavy atom. The van der Waals surface area contributed by atoms with Crippen molar-refractivity contribution in [2.45, 2.75) is 64.8 Å². The van der Waals surface area contributed by atoms with Gasteiger partial charge < -0.3 is 5.73 Å². The standard InChI is InChI=1S/C18H29N/c1-3-4-8-15-10-12-16(13-11-15)18(19)17-9-6-5-7-14(17)2/h5-7,9,15-16,18H,3-4,8,10-13,19H2,1-2H3. The van der Waals surface area contributed by atoms with E-state index in [1.807, 2.05) is 0 Å². The fraction of sp³-hybridized carbons (Fsp3) is 0.667. The molecule has 1 unspecified atom stereocenters. The van der Waals surface area contributed by atoms with Crippen LogP contribution >= 0.6 is 0 Å². The van der Waals surface area contributed by atoms with Gasteiger partial charge in [-0.25, -0.2) is 0 Å². The molecule has 2 rings (SSSR count). The molecule has 1 fully saturated rings. The Morgan fingerprint density at radius 1 is 1.16 bits per heavy atom. The molecule has 1 nitrogen and oxygen atoms in total. The summed E-state index contributed by atoms with van der Waals surface area (Å²) in [5, 5.41) is 0. The summed E-state index contributed by atoms with van der Waals surface area (Å²) in [5.74, 6) is 1.67. The Kier molecular flexibility index (Phi) is 5.45. The van der Waals surface area contributed by atoms with Gasteiger partial charge in [0.25, 0.3) is 0 Å². The molecule has 0 aromatic heterocycles. The molecule has 1 aliphatic rings. The number of rotatable bonds is 5. The predicted molar refractivity (Wildman–Crippen MR) is 83.1 cm³/mol. The molecule has 0 spiro atoms. The molecular weight excluding hydrogens is 230 g/mol. The fourth-order valence-electron chi connectivity index (χ4n) is 3.54. The van der Waals surface area contributed by atoms with Gasteiger partial charge in [-0.1, -0.05) is 63.3 Å². The van der Waals surface area contributed by atoms with Gasteiger partial charge in [0, 0.05) is 6.04 Å². The van der Waals surface area contributed by atoms with Crippen molar-refractivity contribution in [2.75, 3.05) is 0 Å². The van der Waals surface area contributed by atoms with E-state index in [1.54, 1.807) is 0 Å². The quantitative estimate of drug-likeness (QED) is 0.792. The van der Waals surface area contributed by atoms with Crippen molar-refractivity contribution in [3.63, 3.8) is 0 Å². The first-order valence-corrected chi connectivity index (χ1v) is 8.03. The van der Waals surface area contributed by atoms with Crippen molar-refractivity contribution in [3.05, 3.63) is 35.4 Å². The number of hydrogen-bond acceptors (Lipinski definition) is 1. The third-order valence-corrected chi connectivity index (χ3v) is 4.91. The van der Waals surface area contributed by atoms with E-state index in [9.17, 15) is 0 Å². The van der Waals surface area contributed by atoms with Crippen molar-refractivity contribution in [3.8, 4) is 0 Å². The first-order valence-electron chi connectivity index (χ1n) is 8.03. The second-order valence-electron chi connectivity index (χ2n) is 6.31. The van der Waals surface area contributed by atoms with Gasteiger partial charge >= 0.3 is 0 Å². The third kappa shape index (κ3) is 3.82. The maximum atomic E-state index is 6.52. The van der Waals surface area contributed by atoms with E-state index in [4.69, 9.17) is 5.73 Å². The van der Waals surface area contributed by atoms with Gasteiger partial charge in [0.05, 0.1) is 0 Å². The molecule has 0 amide bonds. The molecule has 19 heavy (non-hydrogen) atoms. The second-order valence-corrected chi connectivity index (χ2v) is 6.31. The van der Waals surface area contributed by atoms with Crippen LogP contribution in [0.5, 0.6) is 0 Å². The van der Waals surface area contributed by atoms with Gasteiger partial charge in [-0.3, -0.25) is 0 Å². The summed E-state index contributed by atoms with van der Waals surface area (Å²) in [7, 11) is 0. The summed E-state index contributed by atoms with van der Waals surface area (Å²) in [4.78, 5) is 0. The molecule has 0 saturated heterocycles. The first kappa shape index (κ1) is 14.6. The number of benzene rings is 1. The zero-order valence-corrected chi connectivity index (χ0v) is 12.6. The van der Waals surface area contributed by atoms with Crippen LogP contribution < -0.4 is 5.73 Å². The van der Waals surface area contributed by atoms with E-state index in [2.05, 4.69) is 38.1 Å². The van der Waals surface area contributed by atoms with Crippen LogP contribution in [0.1, 0.15) is 69.0 Å². The molecule has 1 aliphatic carbocycles. The average molecular weight is 259 g/mol. The largest absolute Gasteiger partial charge is 0.324 e. The van der Waals surface area contributed by atoms with Crippen LogP contribution in [0.2, 0.25) is 0 Å². The van der Waals surface area contributed by atoms with Crippen LogP contribution in [-0.2, 0) is 0 Å². The third-order valence-electron chi connectivity index (χ3n) is 4.91. The normalized spacial score (nSPS) is 25.2. The molecule has 0 radical (unpaired) electrons. The van der Waals surface area contributed by atoms with E-state index in [1.165, 1.54) is 56.1 Å². The molecule has 2 N–H and O–H groups in total. The lowest BCUT2D eigenvalue weighted by Crippen LogP contribution is -2.26. The summed E-state index contributed by atoms with van der Waals surface area (Å²) < 4.78 is 0. The van der Waals surface area contributed by atoms with Crippen LogP contribution in [0.25, 0.3) is 0 Å². The second kappa shape index (κ2) is 7.09. The zero-order valence-electron chi connectivity index (χ0n) is 12.6. The highest BCUT2D eigenvalue weighted by Gasteiger charge is 2.26. The SMILES string of the molecule is CCCCC1CCC(C(N)c2ccccc2C)CC1. The maximum Gasteiger partial charge on any atom is 0.0326 e. The van der Waals surface area contributed by atoms with E-state index < -0.39 is 0 Å². The van der Waals surface area contributed by atoms with E-state index in [-0.39, 0.29) is 6.04 Å². The molecule has 1 heteroatoms. The monoisotopic (exact) mass is 259 g/mol. The first-order chi connectivity index (χ1) is 9.22. The Hall–Kier alpha value is -0.820. The van der Waals surface area contributed by atoms with Crippen LogP contribution in [0.3, 0.4) is 0 Å². The summed E-state index contributed by atoms with van der Waals surface area (Å²) in [6.45, 7) is 4.47. The number of nitrogens with two attached hydrogens (primary N) is 1. The summed E-state index contributed by atoms with van der Waals surface area (Å²) >= 11 is 0. The minimum Gasteiger partial charge on any atom is -0.324 e. The lowest BCUT2D eigenvalue weighted by molar-refractivity contribution is 0.232. The molecule has 1 atom stereocenters. The highest BCUT2D eigenvalue weighted by Crippen LogP contribution is 2.38. The van der Waals surface area contributed by atoms with Gasteiger partial charge in [0.1, 0.15) is 0 Å². The van der Waals surface area contributed by atoms with Gasteiger partial charge in [-0.05, 0) is 42.7 Å². The van der Waals surface area contributed by atoms with Crippen molar-refractivity contribution in [1.29, 1.82) is 0 Å². The zero-order chi connectivity index (χ0) is 13.7. The summed E-state index contributed by atoms with van der Waals surface area (Å²) in [6.07, 6.45) is 9.60. The van der Waals surface area contributed by atoms with Crippen LogP contribution in [0, 0.1) is 18.8 Å². The summed E-state index contributed by atoms with van der Waals surface area (Å²) in [5.41, 5.74) is 9.23. The van der Waals surface area contributed by atoms with Crippen LogP contribution in [0.15, 0.2) is 24.3 Å². The minimum absolute atomic E-state index is 0.244. The van der Waals surface area contributed by atoms with Gasteiger partial charge in [0.15, 0.2) is 0 Å². The Bertz CT molecular complexity index is 377. The van der Waals surface area contributed by atoms with E-state index in [0.717, 1.165) is 5.92 Å². The molecule has 1 aromatic carbocycles. The number of unbranched alkanes of at least 4 members (excludes halogenated alkanes) is 1. The molecule has 1 saturated carbocycles. The van der Waals surface area contributed by atoms with Gasteiger partial charge in [0.2, 0.25) is 0 Å². The average Bonchev–Trinajstić information content (AvgIpc) is 2.45. The van der Waals surface area contributed by atoms with Gasteiger partial charge in [-0.2, -0.15) is 0 Å². The van der Waals surface area contributed by atoms with Crippen LogP contribution in [0.4, 0.5) is 0 Å². The fourth-order valence-corrected chi connectivity index (χ4v) is 3.54. The number of aryl methyl sites for hydroxylation is 1. The molecule has 0 aliphatic heterocycles. The van der Waals surface area contributed by atoms with Crippen molar-refractivity contribution in [2.24, 2.45) is 17.6 Å². The van der Waals surface area contributed by atoms with Crippen molar-refractivity contribution < 1.29 is 0 Å². The lowest BCUT2D eigenvalue weighted by atomic mass is 9.75. The summed E-state index contributed by atoms with van der Waals surface area (Å²) in [6, 6.07) is 8.86. The molecule has 0 heterocycles. The number of hydrogen-bond donors (Lipinski definition) is 1. The highest BCUT2D eigenvalue weighted by atomic mass is 14.7. The Labute approximate surface area is 118 Å². The smallest absolute Gasteiger partial charge is 0.0326 e. The van der Waals surface area contributed by atoms with E-state index >= 15 is 0 Å². The van der Waals surface area contributed by atoms with Gasteiger partial charge in [-0.15, -0.1) is 0 Å². The Balaban J connectivity index is 1.89. The lowest BCUT2D eigenvalue weighted by Gasteiger charge is -2.33. The van der Waals surface area contributed by atoms with Crippen molar-refractivity contribution >= 4 is 0 Å².